The van der Waals surface area contributed by atoms with Crippen molar-refractivity contribution in [1.29, 1.82) is 0 Å². The van der Waals surface area contributed by atoms with Crippen LogP contribution in [-0.2, 0) is 16.8 Å². The van der Waals surface area contributed by atoms with E-state index in [1.165, 1.54) is 0 Å². The van der Waals surface area contributed by atoms with Crippen LogP contribution in [0.3, 0.4) is 0 Å². The third kappa shape index (κ3) is 6.26. The molecule has 1 fully saturated rings. The van der Waals surface area contributed by atoms with E-state index in [0.717, 1.165) is 37.4 Å². The summed E-state index contributed by atoms with van der Waals surface area (Å²) in [6.45, 7) is 5.80. The van der Waals surface area contributed by atoms with Gasteiger partial charge in [0.1, 0.15) is 11.5 Å². The van der Waals surface area contributed by atoms with Crippen molar-refractivity contribution >= 4 is 39.2 Å². The summed E-state index contributed by atoms with van der Waals surface area (Å²) < 4.78 is 28.5. The van der Waals surface area contributed by atoms with Gasteiger partial charge in [-0.2, -0.15) is 13.1 Å². The van der Waals surface area contributed by atoms with E-state index in [-0.39, 0.29) is 17.4 Å². The minimum Gasteiger partial charge on any atom is -0.366 e. The van der Waals surface area contributed by atoms with Crippen molar-refractivity contribution in [2.24, 2.45) is 0 Å². The number of carbonyl (C=O) groups excluding carboxylic acids is 1. The molecule has 168 valence electrons. The van der Waals surface area contributed by atoms with Crippen LogP contribution < -0.4 is 19.7 Å². The average Bonchev–Trinajstić information content (AvgIpc) is 2.73. The smallest absolute Gasteiger partial charge is 0.300 e. The second kappa shape index (κ2) is 10.2. The Morgan fingerprint density at radius 2 is 1.94 bits per heavy atom. The van der Waals surface area contributed by atoms with Gasteiger partial charge in [0.2, 0.25) is 0 Å². The highest BCUT2D eigenvalue weighted by molar-refractivity contribution is 7.90. The maximum absolute atomic E-state index is 11.9. The van der Waals surface area contributed by atoms with Crippen LogP contribution in [0, 0.1) is 0 Å². The van der Waals surface area contributed by atoms with Gasteiger partial charge in [-0.3, -0.25) is 14.4 Å². The summed E-state index contributed by atoms with van der Waals surface area (Å²) in [5.41, 5.74) is 2.05. The molecule has 31 heavy (non-hydrogen) atoms. The molecule has 2 aromatic rings. The quantitative estimate of drug-likeness (QED) is 0.497. The molecule has 0 spiro atoms. The molecular weight excluding hydrogens is 442 g/mol. The Bertz CT molecular complexity index is 1030. The van der Waals surface area contributed by atoms with Gasteiger partial charge in [-0.1, -0.05) is 18.5 Å². The first kappa shape index (κ1) is 23.2. The summed E-state index contributed by atoms with van der Waals surface area (Å²) in [5.74, 6) is 0.00824. The molecule has 0 unspecified atom stereocenters. The third-order valence-electron chi connectivity index (χ3n) is 4.81. The predicted octanol–water partition coefficient (Wildman–Crippen LogP) is 1.08. The molecule has 0 atom stereocenters. The number of hydrogen-bond donors (Lipinski definition) is 3. The van der Waals surface area contributed by atoms with Crippen LogP contribution in [0.4, 0.5) is 11.5 Å². The summed E-state index contributed by atoms with van der Waals surface area (Å²) in [6, 6.07) is 7.09. The first-order valence-corrected chi connectivity index (χ1v) is 11.8. The molecule has 3 rings (SSSR count). The van der Waals surface area contributed by atoms with Crippen LogP contribution >= 0.6 is 11.6 Å². The Hall–Kier alpha value is -2.47. The fourth-order valence-corrected chi connectivity index (χ4v) is 4.43. The fraction of sp³-hybridized carbons (Fsp3) is 0.421. The number of aromatic nitrogens is 2. The lowest BCUT2D eigenvalue weighted by atomic mass is 10.2. The maximum Gasteiger partial charge on any atom is 0.300 e. The molecule has 1 aliphatic heterocycles. The minimum atomic E-state index is -3.61. The number of hydrogen-bond acceptors (Lipinski definition) is 7. The number of halogens is 1. The summed E-state index contributed by atoms with van der Waals surface area (Å²) in [5, 5.41) is 2.84. The minimum absolute atomic E-state index is 0.275. The van der Waals surface area contributed by atoms with Crippen molar-refractivity contribution in [2.45, 2.75) is 13.5 Å². The Morgan fingerprint density at radius 3 is 2.58 bits per heavy atom. The van der Waals surface area contributed by atoms with Gasteiger partial charge in [0.25, 0.3) is 16.1 Å². The zero-order chi connectivity index (χ0) is 22.4. The van der Waals surface area contributed by atoms with Crippen molar-refractivity contribution in [1.82, 2.24) is 24.9 Å². The number of rotatable bonds is 8. The van der Waals surface area contributed by atoms with Crippen molar-refractivity contribution in [3.8, 4) is 0 Å². The van der Waals surface area contributed by atoms with Crippen LogP contribution in [0.5, 0.6) is 0 Å². The number of nitrogens with one attached hydrogen (secondary N) is 3. The summed E-state index contributed by atoms with van der Waals surface area (Å²) in [7, 11) is -2.06. The summed E-state index contributed by atoms with van der Waals surface area (Å²) >= 11 is 6.31. The van der Waals surface area contributed by atoms with Gasteiger partial charge in [-0.05, 0) is 29.8 Å². The lowest BCUT2D eigenvalue weighted by Crippen LogP contribution is -2.46. The Morgan fingerprint density at radius 1 is 1.19 bits per heavy atom. The molecule has 12 heteroatoms. The lowest BCUT2D eigenvalue weighted by Gasteiger charge is -2.36. The largest absolute Gasteiger partial charge is 0.366 e. The van der Waals surface area contributed by atoms with E-state index in [2.05, 4.69) is 34.5 Å². The number of piperazine rings is 1. The van der Waals surface area contributed by atoms with E-state index >= 15 is 0 Å². The Labute approximate surface area is 187 Å². The maximum atomic E-state index is 11.9. The summed E-state index contributed by atoms with van der Waals surface area (Å²) in [6.07, 6.45) is 1.59. The molecule has 3 heterocycles. The highest BCUT2D eigenvalue weighted by atomic mass is 35.5. The molecule has 1 amide bonds. The predicted molar refractivity (Wildman–Crippen MR) is 121 cm³/mol. The van der Waals surface area contributed by atoms with Crippen LogP contribution in [-0.4, -0.2) is 69.0 Å². The zero-order valence-electron chi connectivity index (χ0n) is 17.4. The SMILES string of the molecule is CCNS(=O)(=O)Nc1cc(CN2CCN(c3ccc(C(=O)NC)nc3Cl)CC2)ccn1. The molecule has 0 aliphatic carbocycles. The highest BCUT2D eigenvalue weighted by Crippen LogP contribution is 2.25. The number of pyridine rings is 2. The van der Waals surface area contributed by atoms with E-state index in [1.54, 1.807) is 32.3 Å². The molecule has 2 aromatic heterocycles. The molecule has 0 aromatic carbocycles. The van der Waals surface area contributed by atoms with Gasteiger partial charge in [0.15, 0.2) is 5.15 Å². The molecule has 1 saturated heterocycles. The van der Waals surface area contributed by atoms with Crippen molar-refractivity contribution < 1.29 is 13.2 Å². The second-order valence-corrected chi connectivity index (χ2v) is 8.86. The van der Waals surface area contributed by atoms with Crippen LogP contribution in [0.25, 0.3) is 0 Å². The van der Waals surface area contributed by atoms with E-state index in [1.807, 2.05) is 12.1 Å². The topological polar surface area (TPSA) is 120 Å². The molecule has 1 aliphatic rings. The molecule has 0 bridgehead atoms. The van der Waals surface area contributed by atoms with E-state index in [0.29, 0.717) is 18.2 Å². The molecule has 10 nitrogen and oxygen atoms in total. The first-order valence-electron chi connectivity index (χ1n) is 9.89. The van der Waals surface area contributed by atoms with Crippen LogP contribution in [0.15, 0.2) is 30.5 Å². The highest BCUT2D eigenvalue weighted by Gasteiger charge is 2.21. The van der Waals surface area contributed by atoms with E-state index < -0.39 is 10.2 Å². The normalized spacial score (nSPS) is 15.0. The number of carbonyl (C=O) groups is 1. The van der Waals surface area contributed by atoms with Gasteiger partial charge in [-0.15, -0.1) is 0 Å². The van der Waals surface area contributed by atoms with Gasteiger partial charge >= 0.3 is 0 Å². The zero-order valence-corrected chi connectivity index (χ0v) is 19.0. The van der Waals surface area contributed by atoms with Crippen molar-refractivity contribution in [2.75, 3.05) is 49.4 Å². The van der Waals surface area contributed by atoms with Crippen LogP contribution in [0.2, 0.25) is 5.15 Å². The Kier molecular flexibility index (Phi) is 7.65. The average molecular weight is 468 g/mol. The molecule has 3 N–H and O–H groups in total. The van der Waals surface area contributed by atoms with E-state index in [4.69, 9.17) is 11.6 Å². The summed E-state index contributed by atoms with van der Waals surface area (Å²) in [4.78, 5) is 24.4. The van der Waals surface area contributed by atoms with Gasteiger partial charge in [-0.25, -0.2) is 9.97 Å². The lowest BCUT2D eigenvalue weighted by molar-refractivity contribution is 0.0958. The van der Waals surface area contributed by atoms with Crippen molar-refractivity contribution in [3.05, 3.63) is 46.9 Å². The number of anilines is 2. The van der Waals surface area contributed by atoms with Crippen molar-refractivity contribution in [3.63, 3.8) is 0 Å². The second-order valence-electron chi connectivity index (χ2n) is 7.00. The fourth-order valence-electron chi connectivity index (χ4n) is 3.31. The monoisotopic (exact) mass is 467 g/mol. The van der Waals surface area contributed by atoms with Crippen LogP contribution in [0.1, 0.15) is 23.0 Å². The Balaban J connectivity index is 1.58. The standard InChI is InChI=1S/C19H26ClN7O3S/c1-3-23-31(29,30)25-17-12-14(6-7-22-17)13-26-8-10-27(11-9-26)16-5-4-15(19(28)21-2)24-18(16)20/h4-7,12,23H,3,8-11,13H2,1-2H3,(H,21,28)(H,22,25). The third-order valence-corrected chi connectivity index (χ3v) is 6.23. The molecule has 0 saturated carbocycles. The van der Waals surface area contributed by atoms with E-state index in [9.17, 15) is 13.2 Å². The van der Waals surface area contributed by atoms with Gasteiger partial charge in [0.05, 0.1) is 5.69 Å². The molecular formula is C19H26ClN7O3S. The van der Waals surface area contributed by atoms with Gasteiger partial charge < -0.3 is 10.2 Å². The van der Waals surface area contributed by atoms with Gasteiger partial charge in [0, 0.05) is 52.5 Å². The molecule has 0 radical (unpaired) electrons. The number of nitrogens with zero attached hydrogens (tertiary/aromatic N) is 4. The number of amides is 1. The first-order chi connectivity index (χ1) is 14.8.